The lowest BCUT2D eigenvalue weighted by Gasteiger charge is -2.22. The van der Waals surface area contributed by atoms with Crippen LogP contribution in [0.15, 0.2) is 0 Å². The summed E-state index contributed by atoms with van der Waals surface area (Å²) in [6, 6.07) is 0.711. The molecule has 0 bridgehead atoms. The third kappa shape index (κ3) is 4.40. The maximum Gasteiger partial charge on any atom is 0.0619 e. The van der Waals surface area contributed by atoms with E-state index in [0.29, 0.717) is 12.1 Å². The van der Waals surface area contributed by atoms with E-state index in [0.717, 1.165) is 51.5 Å². The zero-order valence-electron chi connectivity index (χ0n) is 10.4. The Morgan fingerprint density at radius 3 is 2.69 bits per heavy atom. The summed E-state index contributed by atoms with van der Waals surface area (Å²) in [5, 5.41) is 3.58. The number of nitrogens with one attached hydrogen (secondary N) is 1. The van der Waals surface area contributed by atoms with E-state index in [1.165, 1.54) is 12.8 Å². The second kappa shape index (κ2) is 6.58. The molecule has 1 saturated carbocycles. The molecule has 1 unspecified atom stereocenters. The van der Waals surface area contributed by atoms with Crippen LogP contribution < -0.4 is 5.32 Å². The first-order valence-electron chi connectivity index (χ1n) is 6.79. The van der Waals surface area contributed by atoms with Crippen molar-refractivity contribution in [2.24, 2.45) is 5.92 Å². The van der Waals surface area contributed by atoms with E-state index in [1.54, 1.807) is 0 Å². The summed E-state index contributed by atoms with van der Waals surface area (Å²) in [5.74, 6) is 0.955. The van der Waals surface area contributed by atoms with Crippen molar-refractivity contribution < 1.29 is 9.47 Å². The minimum absolute atomic E-state index is 0.453. The molecule has 1 atom stereocenters. The van der Waals surface area contributed by atoms with Crippen molar-refractivity contribution in [3.63, 3.8) is 0 Å². The van der Waals surface area contributed by atoms with Crippen LogP contribution in [0.25, 0.3) is 0 Å². The molecule has 1 N–H and O–H groups in total. The number of hydrogen-bond acceptors (Lipinski definition) is 3. The molecule has 1 aliphatic carbocycles. The Kier molecular flexibility index (Phi) is 5.07. The molecule has 1 saturated heterocycles. The first kappa shape index (κ1) is 12.3. The normalized spacial score (nSPS) is 24.6. The van der Waals surface area contributed by atoms with Crippen molar-refractivity contribution in [3.8, 4) is 0 Å². The van der Waals surface area contributed by atoms with Crippen molar-refractivity contribution in [1.29, 1.82) is 0 Å². The quantitative estimate of drug-likeness (QED) is 0.674. The van der Waals surface area contributed by atoms with Gasteiger partial charge in [-0.1, -0.05) is 0 Å². The van der Waals surface area contributed by atoms with Crippen LogP contribution in [0.5, 0.6) is 0 Å². The minimum Gasteiger partial charge on any atom is -0.381 e. The Labute approximate surface area is 98.9 Å². The Bertz CT molecular complexity index is 188. The molecule has 94 valence electrons. The smallest absolute Gasteiger partial charge is 0.0619 e. The molecule has 1 heterocycles. The van der Waals surface area contributed by atoms with Crippen molar-refractivity contribution in [2.75, 3.05) is 26.4 Å². The topological polar surface area (TPSA) is 30.5 Å². The van der Waals surface area contributed by atoms with Crippen LogP contribution >= 0.6 is 0 Å². The second-order valence-corrected chi connectivity index (χ2v) is 5.12. The fourth-order valence-corrected chi connectivity index (χ4v) is 2.26. The van der Waals surface area contributed by atoms with Gasteiger partial charge in [-0.05, 0) is 51.5 Å². The van der Waals surface area contributed by atoms with Crippen molar-refractivity contribution in [1.82, 2.24) is 5.32 Å². The average molecular weight is 227 g/mol. The summed E-state index contributed by atoms with van der Waals surface area (Å²) < 4.78 is 11.1. The van der Waals surface area contributed by atoms with Gasteiger partial charge in [-0.15, -0.1) is 0 Å². The maximum absolute atomic E-state index is 5.82. The molecule has 3 heteroatoms. The van der Waals surface area contributed by atoms with Crippen LogP contribution in [0, 0.1) is 5.92 Å². The van der Waals surface area contributed by atoms with Crippen LogP contribution in [0.3, 0.4) is 0 Å². The highest BCUT2D eigenvalue weighted by Gasteiger charge is 2.27. The largest absolute Gasteiger partial charge is 0.381 e. The standard InChI is InChI=1S/C13H25NO2/c1-11(12-3-4-12)14-7-2-8-16-13-5-9-15-10-6-13/h11-14H,2-10H2,1H3. The van der Waals surface area contributed by atoms with Crippen LogP contribution in [0.4, 0.5) is 0 Å². The molecular formula is C13H25NO2. The van der Waals surface area contributed by atoms with E-state index in [1.807, 2.05) is 0 Å². The minimum atomic E-state index is 0.453. The van der Waals surface area contributed by atoms with E-state index < -0.39 is 0 Å². The van der Waals surface area contributed by atoms with Gasteiger partial charge in [0, 0.05) is 25.9 Å². The van der Waals surface area contributed by atoms with Crippen LogP contribution in [-0.4, -0.2) is 38.5 Å². The van der Waals surface area contributed by atoms with Crippen molar-refractivity contribution in [3.05, 3.63) is 0 Å². The van der Waals surface area contributed by atoms with E-state index >= 15 is 0 Å². The summed E-state index contributed by atoms with van der Waals surface area (Å²) in [6.45, 7) is 6.05. The van der Waals surface area contributed by atoms with Gasteiger partial charge in [0.2, 0.25) is 0 Å². The van der Waals surface area contributed by atoms with Crippen molar-refractivity contribution in [2.45, 2.75) is 51.2 Å². The van der Waals surface area contributed by atoms with Gasteiger partial charge in [0.1, 0.15) is 0 Å². The van der Waals surface area contributed by atoms with Gasteiger partial charge >= 0.3 is 0 Å². The molecule has 0 spiro atoms. The average Bonchev–Trinajstić information content (AvgIpc) is 3.13. The summed E-state index contributed by atoms with van der Waals surface area (Å²) in [7, 11) is 0. The lowest BCUT2D eigenvalue weighted by Crippen LogP contribution is -2.30. The first-order valence-corrected chi connectivity index (χ1v) is 6.79. The molecule has 0 aromatic rings. The SMILES string of the molecule is CC(NCCCOC1CCOCC1)C1CC1. The van der Waals surface area contributed by atoms with Gasteiger partial charge < -0.3 is 14.8 Å². The summed E-state index contributed by atoms with van der Waals surface area (Å²) in [4.78, 5) is 0. The summed E-state index contributed by atoms with van der Waals surface area (Å²) in [5.41, 5.74) is 0. The van der Waals surface area contributed by atoms with Crippen LogP contribution in [0.2, 0.25) is 0 Å². The van der Waals surface area contributed by atoms with Gasteiger partial charge in [0.25, 0.3) is 0 Å². The van der Waals surface area contributed by atoms with Crippen LogP contribution in [-0.2, 0) is 9.47 Å². The predicted octanol–water partition coefficient (Wildman–Crippen LogP) is 1.96. The lowest BCUT2D eigenvalue weighted by atomic mass is 10.1. The monoisotopic (exact) mass is 227 g/mol. The molecule has 0 aromatic heterocycles. The summed E-state index contributed by atoms with van der Waals surface area (Å²) in [6.07, 6.45) is 6.58. The fraction of sp³-hybridized carbons (Fsp3) is 1.00. The zero-order valence-corrected chi connectivity index (χ0v) is 10.4. The predicted molar refractivity (Wildman–Crippen MR) is 64.6 cm³/mol. The molecule has 2 fully saturated rings. The molecule has 0 amide bonds. The molecule has 3 nitrogen and oxygen atoms in total. The highest BCUT2D eigenvalue weighted by molar-refractivity contribution is 4.82. The molecule has 0 radical (unpaired) electrons. The molecule has 0 aromatic carbocycles. The Morgan fingerprint density at radius 2 is 2.00 bits per heavy atom. The van der Waals surface area contributed by atoms with Crippen molar-refractivity contribution >= 4 is 0 Å². The molecule has 2 aliphatic rings. The summed E-state index contributed by atoms with van der Waals surface area (Å²) >= 11 is 0. The number of ether oxygens (including phenoxy) is 2. The molecule has 1 aliphatic heterocycles. The zero-order chi connectivity index (χ0) is 11.2. The van der Waals surface area contributed by atoms with E-state index in [9.17, 15) is 0 Å². The third-order valence-corrected chi connectivity index (χ3v) is 3.64. The van der Waals surface area contributed by atoms with E-state index in [2.05, 4.69) is 12.2 Å². The van der Waals surface area contributed by atoms with Crippen LogP contribution in [0.1, 0.15) is 39.0 Å². The highest BCUT2D eigenvalue weighted by atomic mass is 16.5. The van der Waals surface area contributed by atoms with E-state index in [4.69, 9.17) is 9.47 Å². The maximum atomic E-state index is 5.82. The van der Waals surface area contributed by atoms with Gasteiger partial charge in [-0.25, -0.2) is 0 Å². The molecular weight excluding hydrogens is 202 g/mol. The lowest BCUT2D eigenvalue weighted by molar-refractivity contribution is -0.0322. The molecule has 16 heavy (non-hydrogen) atoms. The van der Waals surface area contributed by atoms with Gasteiger partial charge in [0.15, 0.2) is 0 Å². The Balaban J connectivity index is 1.42. The second-order valence-electron chi connectivity index (χ2n) is 5.12. The highest BCUT2D eigenvalue weighted by Crippen LogP contribution is 2.32. The Hall–Kier alpha value is -0.120. The van der Waals surface area contributed by atoms with E-state index in [-0.39, 0.29) is 0 Å². The third-order valence-electron chi connectivity index (χ3n) is 3.64. The number of hydrogen-bond donors (Lipinski definition) is 1. The first-order chi connectivity index (χ1) is 7.86. The number of rotatable bonds is 7. The molecule has 2 rings (SSSR count). The van der Waals surface area contributed by atoms with Gasteiger partial charge in [0.05, 0.1) is 6.10 Å². The Morgan fingerprint density at radius 1 is 1.25 bits per heavy atom. The van der Waals surface area contributed by atoms with Gasteiger partial charge in [-0.3, -0.25) is 0 Å². The van der Waals surface area contributed by atoms with Gasteiger partial charge in [-0.2, -0.15) is 0 Å². The fourth-order valence-electron chi connectivity index (χ4n) is 2.26.